The Balaban J connectivity index is 1.88. The van der Waals surface area contributed by atoms with Crippen LogP contribution >= 0.6 is 0 Å². The molecule has 0 aromatic heterocycles. The SMILES string of the molecule is COC(=O)C1CCC(N[C@@H](C)[C@H](O)c2ccc(F)c(F)c2)CC1. The van der Waals surface area contributed by atoms with Gasteiger partial charge in [-0.1, -0.05) is 6.07 Å². The summed E-state index contributed by atoms with van der Waals surface area (Å²) in [6.45, 7) is 1.80. The number of benzene rings is 1. The van der Waals surface area contributed by atoms with Crippen LogP contribution in [-0.4, -0.2) is 30.3 Å². The fourth-order valence-electron chi connectivity index (χ4n) is 3.11. The van der Waals surface area contributed by atoms with E-state index in [9.17, 15) is 18.7 Å². The van der Waals surface area contributed by atoms with Gasteiger partial charge in [-0.3, -0.25) is 4.79 Å². The Morgan fingerprint density at radius 2 is 1.91 bits per heavy atom. The molecule has 0 bridgehead atoms. The molecule has 0 heterocycles. The first kappa shape index (κ1) is 17.8. The molecule has 1 aromatic carbocycles. The Labute approximate surface area is 134 Å². The van der Waals surface area contributed by atoms with E-state index in [1.807, 2.05) is 0 Å². The maximum absolute atomic E-state index is 13.3. The molecule has 0 amide bonds. The van der Waals surface area contributed by atoms with Crippen LogP contribution in [0.1, 0.15) is 44.3 Å². The lowest BCUT2D eigenvalue weighted by molar-refractivity contribution is -0.146. The summed E-state index contributed by atoms with van der Waals surface area (Å²) < 4.78 is 31.0. The number of aliphatic hydroxyl groups is 1. The van der Waals surface area contributed by atoms with E-state index in [0.29, 0.717) is 5.56 Å². The first-order valence-corrected chi connectivity index (χ1v) is 7.89. The molecule has 0 spiro atoms. The zero-order chi connectivity index (χ0) is 17.0. The molecule has 128 valence electrons. The Hall–Kier alpha value is -1.53. The van der Waals surface area contributed by atoms with Crippen LogP contribution < -0.4 is 5.32 Å². The van der Waals surface area contributed by atoms with Gasteiger partial charge in [-0.25, -0.2) is 8.78 Å². The van der Waals surface area contributed by atoms with Gasteiger partial charge in [-0.2, -0.15) is 0 Å². The zero-order valence-electron chi connectivity index (χ0n) is 13.4. The maximum Gasteiger partial charge on any atom is 0.308 e. The number of hydrogen-bond donors (Lipinski definition) is 2. The molecule has 1 aliphatic rings. The van der Waals surface area contributed by atoms with Crippen LogP contribution in [0.15, 0.2) is 18.2 Å². The van der Waals surface area contributed by atoms with Gasteiger partial charge >= 0.3 is 5.97 Å². The third-order valence-corrected chi connectivity index (χ3v) is 4.52. The summed E-state index contributed by atoms with van der Waals surface area (Å²) in [5, 5.41) is 13.6. The highest BCUT2D eigenvalue weighted by Crippen LogP contribution is 2.27. The van der Waals surface area contributed by atoms with Gasteiger partial charge in [0.25, 0.3) is 0 Å². The maximum atomic E-state index is 13.3. The van der Waals surface area contributed by atoms with Crippen molar-refractivity contribution in [1.82, 2.24) is 5.32 Å². The fourth-order valence-corrected chi connectivity index (χ4v) is 3.11. The van der Waals surface area contributed by atoms with Gasteiger partial charge in [0, 0.05) is 12.1 Å². The Bertz CT molecular complexity index is 545. The molecule has 2 N–H and O–H groups in total. The third kappa shape index (κ3) is 4.48. The molecule has 2 rings (SSSR count). The summed E-state index contributed by atoms with van der Waals surface area (Å²) in [5.41, 5.74) is 0.340. The summed E-state index contributed by atoms with van der Waals surface area (Å²) in [6, 6.07) is 3.30. The van der Waals surface area contributed by atoms with Crippen LogP contribution in [0.3, 0.4) is 0 Å². The number of aliphatic hydroxyl groups excluding tert-OH is 1. The predicted molar refractivity (Wildman–Crippen MR) is 81.7 cm³/mol. The van der Waals surface area contributed by atoms with Crippen LogP contribution in [0.2, 0.25) is 0 Å². The molecule has 23 heavy (non-hydrogen) atoms. The molecular formula is C17H23F2NO3. The van der Waals surface area contributed by atoms with Crippen molar-refractivity contribution in [2.24, 2.45) is 5.92 Å². The van der Waals surface area contributed by atoms with Gasteiger partial charge < -0.3 is 15.2 Å². The molecule has 0 unspecified atom stereocenters. The van der Waals surface area contributed by atoms with Crippen molar-refractivity contribution < 1.29 is 23.4 Å². The minimum Gasteiger partial charge on any atom is -0.469 e. The van der Waals surface area contributed by atoms with E-state index in [2.05, 4.69) is 5.32 Å². The number of esters is 1. The summed E-state index contributed by atoms with van der Waals surface area (Å²) in [4.78, 5) is 11.5. The zero-order valence-corrected chi connectivity index (χ0v) is 13.4. The quantitative estimate of drug-likeness (QED) is 0.817. The molecule has 0 saturated heterocycles. The number of rotatable bonds is 5. The highest BCUT2D eigenvalue weighted by Gasteiger charge is 2.28. The van der Waals surface area contributed by atoms with E-state index >= 15 is 0 Å². The topological polar surface area (TPSA) is 58.6 Å². The first-order valence-electron chi connectivity index (χ1n) is 7.89. The van der Waals surface area contributed by atoms with E-state index in [1.54, 1.807) is 6.92 Å². The van der Waals surface area contributed by atoms with Crippen molar-refractivity contribution in [3.63, 3.8) is 0 Å². The summed E-state index contributed by atoms with van der Waals surface area (Å²) in [7, 11) is 1.40. The second-order valence-corrected chi connectivity index (χ2v) is 6.15. The van der Waals surface area contributed by atoms with Crippen molar-refractivity contribution in [2.45, 2.75) is 50.8 Å². The van der Waals surface area contributed by atoms with Crippen molar-refractivity contribution in [1.29, 1.82) is 0 Å². The Morgan fingerprint density at radius 1 is 1.26 bits per heavy atom. The Morgan fingerprint density at radius 3 is 2.48 bits per heavy atom. The standard InChI is InChI=1S/C17H23F2NO3/c1-10(16(21)12-5-8-14(18)15(19)9-12)20-13-6-3-11(4-7-13)17(22)23-2/h5,8-11,13,16,20-21H,3-4,6-7H2,1-2H3/t10-,11?,13?,16-/m0/s1. The third-order valence-electron chi connectivity index (χ3n) is 4.52. The van der Waals surface area contributed by atoms with Crippen LogP contribution in [0.25, 0.3) is 0 Å². The van der Waals surface area contributed by atoms with Gasteiger partial charge in [0.05, 0.1) is 19.1 Å². The van der Waals surface area contributed by atoms with Crippen LogP contribution in [0.4, 0.5) is 8.78 Å². The summed E-state index contributed by atoms with van der Waals surface area (Å²) >= 11 is 0. The van der Waals surface area contributed by atoms with Crippen molar-refractivity contribution in [3.05, 3.63) is 35.4 Å². The second kappa shape index (κ2) is 7.84. The number of halogens is 2. The minimum absolute atomic E-state index is 0.0514. The van der Waals surface area contributed by atoms with Gasteiger partial charge in [-0.05, 0) is 50.3 Å². The first-order chi connectivity index (χ1) is 10.9. The van der Waals surface area contributed by atoms with Gasteiger partial charge in [0.15, 0.2) is 11.6 Å². The fraction of sp³-hybridized carbons (Fsp3) is 0.588. The molecule has 0 aliphatic heterocycles. The number of methoxy groups -OCH3 is 1. The van der Waals surface area contributed by atoms with Gasteiger partial charge in [0.2, 0.25) is 0 Å². The van der Waals surface area contributed by atoms with Crippen LogP contribution in [0.5, 0.6) is 0 Å². The van der Waals surface area contributed by atoms with Crippen LogP contribution in [0, 0.1) is 17.6 Å². The second-order valence-electron chi connectivity index (χ2n) is 6.15. The number of hydrogen-bond acceptors (Lipinski definition) is 4. The molecule has 1 aromatic rings. The minimum atomic E-state index is -0.965. The summed E-state index contributed by atoms with van der Waals surface area (Å²) in [6.07, 6.45) is 2.20. The largest absolute Gasteiger partial charge is 0.469 e. The number of nitrogens with one attached hydrogen (secondary N) is 1. The van der Waals surface area contributed by atoms with E-state index in [4.69, 9.17) is 4.74 Å². The molecule has 6 heteroatoms. The number of carbonyl (C=O) groups is 1. The van der Waals surface area contributed by atoms with Gasteiger partial charge in [0.1, 0.15) is 0 Å². The normalized spacial score (nSPS) is 24.0. The van der Waals surface area contributed by atoms with Crippen molar-refractivity contribution >= 4 is 5.97 Å². The van der Waals surface area contributed by atoms with E-state index in [-0.39, 0.29) is 24.0 Å². The smallest absolute Gasteiger partial charge is 0.308 e. The monoisotopic (exact) mass is 327 g/mol. The van der Waals surface area contributed by atoms with Gasteiger partial charge in [-0.15, -0.1) is 0 Å². The average molecular weight is 327 g/mol. The lowest BCUT2D eigenvalue weighted by atomic mass is 9.85. The molecule has 1 aliphatic carbocycles. The highest BCUT2D eigenvalue weighted by molar-refractivity contribution is 5.72. The number of ether oxygens (including phenoxy) is 1. The van der Waals surface area contributed by atoms with E-state index in [0.717, 1.165) is 37.8 Å². The molecular weight excluding hydrogens is 304 g/mol. The predicted octanol–water partition coefficient (Wildman–Crippen LogP) is 2.71. The molecule has 1 saturated carbocycles. The Kier molecular flexibility index (Phi) is 6.07. The van der Waals surface area contributed by atoms with Crippen molar-refractivity contribution in [2.75, 3.05) is 7.11 Å². The summed E-state index contributed by atoms with van der Waals surface area (Å²) in [5.74, 6) is -2.11. The molecule has 2 atom stereocenters. The molecule has 0 radical (unpaired) electrons. The highest BCUT2D eigenvalue weighted by atomic mass is 19.2. The van der Waals surface area contributed by atoms with E-state index in [1.165, 1.54) is 13.2 Å². The number of carbonyl (C=O) groups excluding carboxylic acids is 1. The van der Waals surface area contributed by atoms with Crippen LogP contribution in [-0.2, 0) is 9.53 Å². The molecule has 4 nitrogen and oxygen atoms in total. The molecule has 1 fully saturated rings. The average Bonchev–Trinajstić information content (AvgIpc) is 2.56. The lowest BCUT2D eigenvalue weighted by Crippen LogP contribution is -2.42. The lowest BCUT2D eigenvalue weighted by Gasteiger charge is -2.31. The van der Waals surface area contributed by atoms with Crippen molar-refractivity contribution in [3.8, 4) is 0 Å². The van der Waals surface area contributed by atoms with E-state index < -0.39 is 17.7 Å².